The van der Waals surface area contributed by atoms with E-state index in [4.69, 9.17) is 9.97 Å². The van der Waals surface area contributed by atoms with Crippen molar-refractivity contribution in [1.82, 2.24) is 9.97 Å². The van der Waals surface area contributed by atoms with E-state index in [2.05, 4.69) is 44.2 Å². The molecule has 3 nitrogen and oxygen atoms in total. The molecule has 1 saturated carbocycles. The van der Waals surface area contributed by atoms with Gasteiger partial charge >= 0.3 is 0 Å². The van der Waals surface area contributed by atoms with Crippen molar-refractivity contribution in [1.29, 1.82) is 5.26 Å². The molecular weight excluding hydrogens is 366 g/mol. The Labute approximate surface area is 183 Å². The average molecular weight is 404 g/mol. The summed E-state index contributed by atoms with van der Waals surface area (Å²) in [5, 5.41) is 9.61. The lowest BCUT2D eigenvalue weighted by atomic mass is 9.69. The number of aromatic nitrogens is 2. The third-order valence-electron chi connectivity index (χ3n) is 6.80. The quantitative estimate of drug-likeness (QED) is 0.383. The molecule has 0 aliphatic heterocycles. The Morgan fingerprint density at radius 2 is 1.57 bits per heavy atom. The number of hydrogen-bond donors (Lipinski definition) is 0. The summed E-state index contributed by atoms with van der Waals surface area (Å²) in [4.78, 5) is 9.41. The van der Waals surface area contributed by atoms with Crippen LogP contribution < -0.4 is 0 Å². The third-order valence-corrected chi connectivity index (χ3v) is 6.80. The molecular formula is C27H37N3. The lowest BCUT2D eigenvalue weighted by Crippen LogP contribution is -2.25. The van der Waals surface area contributed by atoms with Crippen LogP contribution in [0.1, 0.15) is 102 Å². The largest absolute Gasteiger partial charge is 0.240 e. The van der Waals surface area contributed by atoms with Crippen molar-refractivity contribution in [3.05, 3.63) is 48.0 Å². The molecule has 0 amide bonds. The number of aryl methyl sites for hydroxylation is 1. The average Bonchev–Trinajstić information content (AvgIpc) is 2.80. The van der Waals surface area contributed by atoms with Crippen molar-refractivity contribution >= 4 is 0 Å². The summed E-state index contributed by atoms with van der Waals surface area (Å²) in [6.07, 6.45) is 17.9. The fourth-order valence-corrected chi connectivity index (χ4v) is 4.82. The standard InChI is InChI=1S/C27H37N3/c1-3-5-6-7-8-9-22-10-12-23(13-11-22)25-19-29-26(30-20-25)24-14-17-27(21-28,16-4-2)18-15-24/h10-13,19-20,24H,3-9,14-18H2,1-2H3/t24-,27-. The van der Waals surface area contributed by atoms with Crippen LogP contribution >= 0.6 is 0 Å². The van der Waals surface area contributed by atoms with Gasteiger partial charge in [0.1, 0.15) is 5.82 Å². The van der Waals surface area contributed by atoms with Crippen LogP contribution in [0.3, 0.4) is 0 Å². The number of nitrogens with zero attached hydrogens (tertiary/aromatic N) is 3. The van der Waals surface area contributed by atoms with Gasteiger partial charge in [-0.25, -0.2) is 9.97 Å². The van der Waals surface area contributed by atoms with E-state index >= 15 is 0 Å². The second-order valence-corrected chi connectivity index (χ2v) is 9.11. The zero-order chi connectivity index (χ0) is 21.2. The molecule has 0 bridgehead atoms. The molecule has 1 aliphatic carbocycles. The van der Waals surface area contributed by atoms with Gasteiger partial charge in [0.05, 0.1) is 11.5 Å². The number of rotatable bonds is 10. The van der Waals surface area contributed by atoms with Crippen LogP contribution in [0.15, 0.2) is 36.7 Å². The Kier molecular flexibility index (Phi) is 8.43. The zero-order valence-electron chi connectivity index (χ0n) is 18.9. The third kappa shape index (κ3) is 5.91. The van der Waals surface area contributed by atoms with Gasteiger partial charge in [-0.05, 0) is 56.1 Å². The highest BCUT2D eigenvalue weighted by molar-refractivity contribution is 5.61. The molecule has 1 aromatic carbocycles. The highest BCUT2D eigenvalue weighted by Crippen LogP contribution is 2.44. The summed E-state index contributed by atoms with van der Waals surface area (Å²) >= 11 is 0. The van der Waals surface area contributed by atoms with Crippen molar-refractivity contribution in [2.75, 3.05) is 0 Å². The SMILES string of the molecule is CCCCCCCc1ccc(-c2cnc([C@H]3CC[C@@](C#N)(CCC)CC3)nc2)cc1. The van der Waals surface area contributed by atoms with Crippen LogP contribution in [0.4, 0.5) is 0 Å². The van der Waals surface area contributed by atoms with Crippen LogP contribution in [-0.2, 0) is 6.42 Å². The van der Waals surface area contributed by atoms with Crippen LogP contribution in [0.25, 0.3) is 11.1 Å². The normalized spacial score (nSPS) is 21.3. The van der Waals surface area contributed by atoms with E-state index in [1.165, 1.54) is 49.7 Å². The number of nitriles is 1. The van der Waals surface area contributed by atoms with Gasteiger partial charge in [0, 0.05) is 23.9 Å². The molecule has 1 aromatic heterocycles. The van der Waals surface area contributed by atoms with Crippen LogP contribution in [0.5, 0.6) is 0 Å². The molecule has 0 unspecified atom stereocenters. The lowest BCUT2D eigenvalue weighted by molar-refractivity contribution is 0.224. The Hall–Kier alpha value is -2.21. The molecule has 0 atom stereocenters. The summed E-state index contributed by atoms with van der Waals surface area (Å²) in [7, 11) is 0. The minimum atomic E-state index is -0.108. The van der Waals surface area contributed by atoms with E-state index in [0.29, 0.717) is 5.92 Å². The molecule has 1 aliphatic rings. The Balaban J connectivity index is 1.54. The highest BCUT2D eigenvalue weighted by atomic mass is 14.9. The first-order valence-electron chi connectivity index (χ1n) is 12.0. The predicted octanol–water partition coefficient (Wildman–Crippen LogP) is 7.62. The molecule has 0 saturated heterocycles. The van der Waals surface area contributed by atoms with Crippen molar-refractivity contribution < 1.29 is 0 Å². The van der Waals surface area contributed by atoms with Gasteiger partial charge in [0.25, 0.3) is 0 Å². The number of unbranched alkanes of at least 4 members (excludes halogenated alkanes) is 4. The van der Waals surface area contributed by atoms with E-state index in [9.17, 15) is 5.26 Å². The fraction of sp³-hybridized carbons (Fsp3) is 0.593. The Bertz CT molecular complexity index is 793. The minimum Gasteiger partial charge on any atom is -0.240 e. The van der Waals surface area contributed by atoms with Gasteiger partial charge in [-0.2, -0.15) is 5.26 Å². The van der Waals surface area contributed by atoms with E-state index in [-0.39, 0.29) is 5.41 Å². The molecule has 0 radical (unpaired) electrons. The lowest BCUT2D eigenvalue weighted by Gasteiger charge is -2.34. The summed E-state index contributed by atoms with van der Waals surface area (Å²) in [5.74, 6) is 1.35. The van der Waals surface area contributed by atoms with Gasteiger partial charge in [-0.1, -0.05) is 70.2 Å². The first-order chi connectivity index (χ1) is 14.7. The maximum atomic E-state index is 9.61. The van der Waals surface area contributed by atoms with Gasteiger partial charge in [-0.3, -0.25) is 0 Å². The predicted molar refractivity (Wildman–Crippen MR) is 124 cm³/mol. The fourth-order valence-electron chi connectivity index (χ4n) is 4.82. The first kappa shape index (κ1) is 22.5. The van der Waals surface area contributed by atoms with Crippen molar-refractivity contribution in [3.63, 3.8) is 0 Å². The van der Waals surface area contributed by atoms with Crippen molar-refractivity contribution in [2.45, 2.75) is 96.8 Å². The molecule has 2 aromatic rings. The van der Waals surface area contributed by atoms with Gasteiger partial charge in [0.15, 0.2) is 0 Å². The summed E-state index contributed by atoms with van der Waals surface area (Å²) in [6, 6.07) is 11.5. The van der Waals surface area contributed by atoms with Crippen molar-refractivity contribution in [3.8, 4) is 17.2 Å². The minimum absolute atomic E-state index is 0.108. The summed E-state index contributed by atoms with van der Waals surface area (Å²) < 4.78 is 0. The van der Waals surface area contributed by atoms with E-state index in [1.54, 1.807) is 0 Å². The molecule has 3 rings (SSSR count). The zero-order valence-corrected chi connectivity index (χ0v) is 18.9. The van der Waals surface area contributed by atoms with Crippen molar-refractivity contribution in [2.24, 2.45) is 5.41 Å². The smallest absolute Gasteiger partial charge is 0.131 e. The van der Waals surface area contributed by atoms with E-state index in [1.807, 2.05) is 12.4 Å². The number of benzene rings is 1. The summed E-state index contributed by atoms with van der Waals surface area (Å²) in [5.41, 5.74) is 3.58. The van der Waals surface area contributed by atoms with Crippen LogP contribution in [-0.4, -0.2) is 9.97 Å². The summed E-state index contributed by atoms with van der Waals surface area (Å²) in [6.45, 7) is 4.43. The maximum absolute atomic E-state index is 9.61. The molecule has 3 heteroatoms. The van der Waals surface area contributed by atoms with Gasteiger partial charge in [-0.15, -0.1) is 0 Å². The maximum Gasteiger partial charge on any atom is 0.131 e. The highest BCUT2D eigenvalue weighted by Gasteiger charge is 2.35. The van der Waals surface area contributed by atoms with Crippen LogP contribution in [0, 0.1) is 16.7 Å². The Morgan fingerprint density at radius 1 is 0.900 bits per heavy atom. The van der Waals surface area contributed by atoms with Crippen LogP contribution in [0.2, 0.25) is 0 Å². The second kappa shape index (κ2) is 11.3. The molecule has 160 valence electrons. The number of hydrogen-bond acceptors (Lipinski definition) is 3. The molecule has 30 heavy (non-hydrogen) atoms. The molecule has 1 heterocycles. The van der Waals surface area contributed by atoms with Gasteiger partial charge < -0.3 is 0 Å². The van der Waals surface area contributed by atoms with E-state index in [0.717, 1.165) is 49.9 Å². The topological polar surface area (TPSA) is 49.6 Å². The molecule has 1 fully saturated rings. The first-order valence-corrected chi connectivity index (χ1v) is 12.0. The second-order valence-electron chi connectivity index (χ2n) is 9.11. The van der Waals surface area contributed by atoms with Gasteiger partial charge in [0.2, 0.25) is 0 Å². The Morgan fingerprint density at radius 3 is 2.17 bits per heavy atom. The molecule has 0 spiro atoms. The molecule has 0 N–H and O–H groups in total. The van der Waals surface area contributed by atoms with E-state index < -0.39 is 0 Å². The monoisotopic (exact) mass is 403 g/mol.